The Kier molecular flexibility index (Phi) is 2.81. The van der Waals surface area contributed by atoms with Gasteiger partial charge in [-0.25, -0.2) is 4.98 Å². The molecule has 0 saturated heterocycles. The summed E-state index contributed by atoms with van der Waals surface area (Å²) in [6.07, 6.45) is 1.52. The van der Waals surface area contributed by atoms with E-state index in [4.69, 9.17) is 11.5 Å². The minimum absolute atomic E-state index is 0. The lowest BCUT2D eigenvalue weighted by molar-refractivity contribution is 1.34. The Morgan fingerprint density at radius 1 is 1.22 bits per heavy atom. The largest absolute Gasteiger partial charge is 0.397 e. The maximum Gasteiger partial charge on any atom is 0.123 e. The maximum absolute atomic E-state index is 5.31. The molecule has 3 nitrogen and oxygen atoms in total. The van der Waals surface area contributed by atoms with Crippen molar-refractivity contribution in [3.63, 3.8) is 0 Å². The number of pyridine rings is 1. The Morgan fingerprint density at radius 3 is 2.22 bits per heavy atom. The molecule has 0 bridgehead atoms. The second kappa shape index (κ2) is 3.14. The molecule has 1 aromatic rings. The van der Waals surface area contributed by atoms with Crippen LogP contribution in [0, 0.1) is 0 Å². The molecule has 0 fully saturated rings. The van der Waals surface area contributed by atoms with Crippen LogP contribution in [-0.2, 0) is 0 Å². The van der Waals surface area contributed by atoms with E-state index in [9.17, 15) is 0 Å². The van der Waals surface area contributed by atoms with Crippen LogP contribution in [0.3, 0.4) is 0 Å². The molecule has 0 radical (unpaired) electrons. The van der Waals surface area contributed by atoms with Crippen molar-refractivity contribution in [3.05, 3.63) is 18.3 Å². The summed E-state index contributed by atoms with van der Waals surface area (Å²) in [7, 11) is 0. The summed E-state index contributed by atoms with van der Waals surface area (Å²) in [5, 5.41) is 0. The summed E-state index contributed by atoms with van der Waals surface area (Å²) in [6, 6.07) is 3.37. The number of nitrogen functional groups attached to an aromatic ring is 2. The highest BCUT2D eigenvalue weighted by Crippen LogP contribution is 1.99. The summed E-state index contributed by atoms with van der Waals surface area (Å²) in [4.78, 5) is 3.73. The zero-order valence-corrected chi connectivity index (χ0v) is 5.56. The average molecular weight is 146 g/mol. The lowest BCUT2D eigenvalue weighted by Crippen LogP contribution is -1.90. The lowest BCUT2D eigenvalue weighted by Gasteiger charge is -1.89. The van der Waals surface area contributed by atoms with E-state index in [-0.39, 0.29) is 12.4 Å². The second-order valence-electron chi connectivity index (χ2n) is 1.52. The van der Waals surface area contributed by atoms with Crippen molar-refractivity contribution in [1.29, 1.82) is 0 Å². The van der Waals surface area contributed by atoms with Gasteiger partial charge in [0.15, 0.2) is 0 Å². The van der Waals surface area contributed by atoms with Crippen molar-refractivity contribution in [2.24, 2.45) is 0 Å². The van der Waals surface area contributed by atoms with Crippen LogP contribution < -0.4 is 11.5 Å². The highest BCUT2D eigenvalue weighted by molar-refractivity contribution is 5.85. The van der Waals surface area contributed by atoms with Gasteiger partial charge in [-0.15, -0.1) is 12.4 Å². The number of aromatic nitrogens is 1. The minimum Gasteiger partial charge on any atom is -0.397 e. The van der Waals surface area contributed by atoms with Gasteiger partial charge in [-0.1, -0.05) is 0 Å². The molecule has 50 valence electrons. The first-order chi connectivity index (χ1) is 3.79. The number of hydrogen-bond donors (Lipinski definition) is 2. The first-order valence-electron chi connectivity index (χ1n) is 2.26. The van der Waals surface area contributed by atoms with E-state index in [1.54, 1.807) is 12.1 Å². The molecule has 1 aromatic heterocycles. The van der Waals surface area contributed by atoms with Gasteiger partial charge in [0, 0.05) is 0 Å². The molecule has 1 heterocycles. The van der Waals surface area contributed by atoms with Crippen molar-refractivity contribution >= 4 is 23.9 Å². The predicted octanol–water partition coefficient (Wildman–Crippen LogP) is 0.668. The molecule has 0 atom stereocenters. The van der Waals surface area contributed by atoms with Gasteiger partial charge < -0.3 is 11.5 Å². The Labute approximate surface area is 59.5 Å². The summed E-state index contributed by atoms with van der Waals surface area (Å²) < 4.78 is 0. The third-order valence-corrected chi connectivity index (χ3v) is 0.809. The molecule has 0 aliphatic rings. The van der Waals surface area contributed by atoms with Crippen molar-refractivity contribution < 1.29 is 0 Å². The van der Waals surface area contributed by atoms with E-state index >= 15 is 0 Å². The highest BCUT2D eigenvalue weighted by atomic mass is 35.5. The molecule has 1 rings (SSSR count). The van der Waals surface area contributed by atoms with Crippen molar-refractivity contribution in [2.45, 2.75) is 0 Å². The van der Waals surface area contributed by atoms with E-state index < -0.39 is 0 Å². The van der Waals surface area contributed by atoms with Gasteiger partial charge in [0.1, 0.15) is 5.82 Å². The van der Waals surface area contributed by atoms with E-state index in [2.05, 4.69) is 4.98 Å². The van der Waals surface area contributed by atoms with Crippen LogP contribution in [0.5, 0.6) is 0 Å². The number of nitrogens with two attached hydrogens (primary N) is 2. The number of rotatable bonds is 0. The van der Waals surface area contributed by atoms with Crippen LogP contribution >= 0.6 is 12.4 Å². The Bertz CT molecular complexity index is 151. The molecule has 0 amide bonds. The smallest absolute Gasteiger partial charge is 0.123 e. The van der Waals surface area contributed by atoms with Gasteiger partial charge in [0.25, 0.3) is 0 Å². The van der Waals surface area contributed by atoms with Crippen LogP contribution in [0.15, 0.2) is 18.3 Å². The molecule has 0 aliphatic carbocycles. The van der Waals surface area contributed by atoms with Crippen LogP contribution in [0.1, 0.15) is 0 Å². The molecule has 4 heteroatoms. The van der Waals surface area contributed by atoms with E-state index in [1.165, 1.54) is 6.20 Å². The Balaban J connectivity index is 0.000000640. The van der Waals surface area contributed by atoms with Crippen LogP contribution in [0.4, 0.5) is 11.5 Å². The fraction of sp³-hybridized carbons (Fsp3) is 0. The van der Waals surface area contributed by atoms with Gasteiger partial charge >= 0.3 is 0 Å². The number of anilines is 2. The van der Waals surface area contributed by atoms with Crippen molar-refractivity contribution in [3.8, 4) is 0 Å². The fourth-order valence-corrected chi connectivity index (χ4v) is 0.417. The third-order valence-electron chi connectivity index (χ3n) is 0.809. The first kappa shape index (κ1) is 8.04. The molecule has 9 heavy (non-hydrogen) atoms. The van der Waals surface area contributed by atoms with E-state index in [0.717, 1.165) is 0 Å². The van der Waals surface area contributed by atoms with Gasteiger partial charge in [-0.2, -0.15) is 0 Å². The number of nitrogens with zero attached hydrogens (tertiary/aromatic N) is 1. The van der Waals surface area contributed by atoms with Crippen LogP contribution in [0.2, 0.25) is 0 Å². The van der Waals surface area contributed by atoms with Crippen LogP contribution in [0.25, 0.3) is 0 Å². The topological polar surface area (TPSA) is 64.9 Å². The molecule has 0 aliphatic heterocycles. The molecule has 0 saturated carbocycles. The van der Waals surface area contributed by atoms with Crippen LogP contribution in [-0.4, -0.2) is 4.98 Å². The zero-order valence-electron chi connectivity index (χ0n) is 4.74. The predicted molar refractivity (Wildman–Crippen MR) is 40.3 cm³/mol. The second-order valence-corrected chi connectivity index (χ2v) is 1.52. The summed E-state index contributed by atoms with van der Waals surface area (Å²) in [6.45, 7) is 0. The van der Waals surface area contributed by atoms with E-state index in [1.807, 2.05) is 0 Å². The maximum atomic E-state index is 5.31. The molecular formula is C5H8ClN3. The Hall–Kier alpha value is -0.960. The molecule has 4 N–H and O–H groups in total. The summed E-state index contributed by atoms with van der Waals surface area (Å²) in [5.41, 5.74) is 11.2. The monoisotopic (exact) mass is 145 g/mol. The van der Waals surface area contributed by atoms with Gasteiger partial charge in [-0.3, -0.25) is 0 Å². The highest BCUT2D eigenvalue weighted by Gasteiger charge is 1.82. The molecule has 0 unspecified atom stereocenters. The van der Waals surface area contributed by atoms with Gasteiger partial charge in [0.05, 0.1) is 11.9 Å². The minimum atomic E-state index is 0. The number of halogens is 1. The van der Waals surface area contributed by atoms with E-state index in [0.29, 0.717) is 11.5 Å². The first-order valence-corrected chi connectivity index (χ1v) is 2.26. The lowest BCUT2D eigenvalue weighted by atomic mass is 10.4. The SMILES string of the molecule is Cl.Nc1ccc(N)nc1. The third kappa shape index (κ3) is 2.19. The standard InChI is InChI=1S/C5H7N3.ClH/c6-4-1-2-5(7)8-3-4;/h1-3H,6H2,(H2,7,8);1H. The van der Waals surface area contributed by atoms with Gasteiger partial charge in [-0.05, 0) is 12.1 Å². The van der Waals surface area contributed by atoms with Crippen molar-refractivity contribution in [2.75, 3.05) is 11.5 Å². The number of hydrogen-bond acceptors (Lipinski definition) is 3. The fourth-order valence-electron chi connectivity index (χ4n) is 0.417. The molecule has 0 spiro atoms. The van der Waals surface area contributed by atoms with Gasteiger partial charge in [0.2, 0.25) is 0 Å². The molecular weight excluding hydrogens is 138 g/mol. The summed E-state index contributed by atoms with van der Waals surface area (Å²) >= 11 is 0. The normalized spacial score (nSPS) is 8.00. The summed E-state index contributed by atoms with van der Waals surface area (Å²) in [5.74, 6) is 0.499. The average Bonchev–Trinajstić information content (AvgIpc) is 1.77. The zero-order chi connectivity index (χ0) is 5.98. The Morgan fingerprint density at radius 2 is 1.89 bits per heavy atom. The quantitative estimate of drug-likeness (QED) is 0.564. The molecule has 0 aromatic carbocycles. The van der Waals surface area contributed by atoms with Crippen molar-refractivity contribution in [1.82, 2.24) is 4.98 Å².